The van der Waals surface area contributed by atoms with Crippen molar-refractivity contribution in [3.8, 4) is 0 Å². The lowest BCUT2D eigenvalue weighted by Gasteiger charge is -2.18. The highest BCUT2D eigenvalue weighted by Gasteiger charge is 2.20. The van der Waals surface area contributed by atoms with Crippen LogP contribution in [0.15, 0.2) is 24.3 Å². The van der Waals surface area contributed by atoms with Crippen LogP contribution >= 0.6 is 0 Å². The summed E-state index contributed by atoms with van der Waals surface area (Å²) in [6, 6.07) is 7.66. The maximum absolute atomic E-state index is 11.7. The summed E-state index contributed by atoms with van der Waals surface area (Å²) < 4.78 is 0. The Kier molecular flexibility index (Phi) is 4.89. The van der Waals surface area contributed by atoms with Gasteiger partial charge in [0.05, 0.1) is 6.42 Å². The third-order valence-corrected chi connectivity index (χ3v) is 2.89. The average Bonchev–Trinajstić information content (AvgIpc) is 2.28. The third-order valence-electron chi connectivity index (χ3n) is 2.89. The molecule has 0 aliphatic rings. The molecule has 0 saturated heterocycles. The number of hydrogen-bond donors (Lipinski definition) is 1. The first-order valence-corrected chi connectivity index (χ1v) is 5.88. The lowest BCUT2D eigenvalue weighted by atomic mass is 9.91. The summed E-state index contributed by atoms with van der Waals surface area (Å²) in [5, 5.41) is 8.93. The summed E-state index contributed by atoms with van der Waals surface area (Å²) >= 11 is 0. The molecule has 0 bridgehead atoms. The molecule has 1 N–H and O–H groups in total. The highest BCUT2D eigenvalue weighted by Crippen LogP contribution is 2.24. The molecule has 1 rings (SSSR count). The zero-order valence-corrected chi connectivity index (χ0v) is 11.0. The van der Waals surface area contributed by atoms with Gasteiger partial charge in [-0.3, -0.25) is 9.59 Å². The van der Waals surface area contributed by atoms with Crippen molar-refractivity contribution >= 4 is 11.9 Å². The number of hydrogen-bond acceptors (Lipinski definition) is 2. The van der Waals surface area contributed by atoms with Crippen LogP contribution in [0.5, 0.6) is 0 Å². The number of carboxylic acid groups (broad SMARTS) is 1. The molecule has 0 spiro atoms. The minimum atomic E-state index is -0.882. The fourth-order valence-electron chi connectivity index (χ4n) is 1.75. The Morgan fingerprint density at radius 1 is 1.17 bits per heavy atom. The Morgan fingerprint density at radius 3 is 2.17 bits per heavy atom. The van der Waals surface area contributed by atoms with E-state index in [1.165, 1.54) is 4.90 Å². The molecule has 0 heterocycles. The summed E-state index contributed by atoms with van der Waals surface area (Å²) in [6.07, 6.45) is 0.199. The van der Waals surface area contributed by atoms with Gasteiger partial charge in [-0.25, -0.2) is 0 Å². The fourth-order valence-corrected chi connectivity index (χ4v) is 1.75. The number of benzene rings is 1. The molecule has 1 atom stereocenters. The van der Waals surface area contributed by atoms with Crippen LogP contribution in [-0.4, -0.2) is 36.0 Å². The number of carbonyl (C=O) groups excluding carboxylic acids is 1. The monoisotopic (exact) mass is 249 g/mol. The van der Waals surface area contributed by atoms with Crippen LogP contribution in [0.25, 0.3) is 0 Å². The van der Waals surface area contributed by atoms with Crippen molar-refractivity contribution in [2.24, 2.45) is 0 Å². The molecule has 1 unspecified atom stereocenters. The zero-order valence-electron chi connectivity index (χ0n) is 11.0. The zero-order chi connectivity index (χ0) is 13.7. The minimum absolute atomic E-state index is 0.0252. The highest BCUT2D eigenvalue weighted by atomic mass is 16.4. The second-order valence-electron chi connectivity index (χ2n) is 4.70. The molecule has 18 heavy (non-hydrogen) atoms. The van der Waals surface area contributed by atoms with E-state index in [9.17, 15) is 9.59 Å². The average molecular weight is 249 g/mol. The Labute approximate surface area is 107 Å². The molecule has 4 heteroatoms. The van der Waals surface area contributed by atoms with E-state index in [0.29, 0.717) is 0 Å². The summed E-state index contributed by atoms with van der Waals surface area (Å²) in [5.74, 6) is -1.20. The highest BCUT2D eigenvalue weighted by molar-refractivity contribution is 5.78. The van der Waals surface area contributed by atoms with Gasteiger partial charge in [0.25, 0.3) is 0 Å². The lowest BCUT2D eigenvalue weighted by molar-refractivity contribution is -0.137. The van der Waals surface area contributed by atoms with Crippen molar-refractivity contribution < 1.29 is 14.7 Å². The molecule has 0 aliphatic heterocycles. The SMILES string of the molecule is Cc1ccc(C(CC(=O)O)CC(=O)N(C)C)cc1. The van der Waals surface area contributed by atoms with Crippen LogP contribution in [0.2, 0.25) is 0 Å². The largest absolute Gasteiger partial charge is 0.481 e. The van der Waals surface area contributed by atoms with Gasteiger partial charge >= 0.3 is 5.97 Å². The van der Waals surface area contributed by atoms with Gasteiger partial charge in [-0.15, -0.1) is 0 Å². The molecule has 98 valence electrons. The molecule has 0 aliphatic carbocycles. The van der Waals surface area contributed by atoms with Gasteiger partial charge in [-0.2, -0.15) is 0 Å². The normalized spacial score (nSPS) is 11.9. The van der Waals surface area contributed by atoms with E-state index >= 15 is 0 Å². The molecule has 0 aromatic heterocycles. The number of rotatable bonds is 5. The van der Waals surface area contributed by atoms with E-state index in [-0.39, 0.29) is 24.7 Å². The number of nitrogens with zero attached hydrogens (tertiary/aromatic N) is 1. The topological polar surface area (TPSA) is 57.6 Å². The Morgan fingerprint density at radius 2 is 1.72 bits per heavy atom. The van der Waals surface area contributed by atoms with Crippen molar-refractivity contribution in [1.82, 2.24) is 4.90 Å². The molecule has 0 fully saturated rings. The molecule has 0 radical (unpaired) electrons. The molecule has 1 aromatic rings. The number of carbonyl (C=O) groups is 2. The van der Waals surface area contributed by atoms with Crippen LogP contribution in [0, 0.1) is 6.92 Å². The quantitative estimate of drug-likeness (QED) is 0.868. The second-order valence-corrected chi connectivity index (χ2v) is 4.70. The van der Waals surface area contributed by atoms with Crippen molar-refractivity contribution in [3.05, 3.63) is 35.4 Å². The number of amides is 1. The first-order chi connectivity index (χ1) is 8.40. The molecule has 0 saturated carbocycles. The first kappa shape index (κ1) is 14.2. The predicted molar refractivity (Wildman–Crippen MR) is 69.5 cm³/mol. The predicted octanol–water partition coefficient (Wildman–Crippen LogP) is 2.03. The molecule has 1 aromatic carbocycles. The number of aliphatic carboxylic acids is 1. The Balaban J connectivity index is 2.87. The van der Waals surface area contributed by atoms with E-state index < -0.39 is 5.97 Å². The lowest BCUT2D eigenvalue weighted by Crippen LogP contribution is -2.24. The number of aryl methyl sites for hydroxylation is 1. The maximum atomic E-state index is 11.7. The molecule has 1 amide bonds. The van der Waals surface area contributed by atoms with E-state index in [1.54, 1.807) is 14.1 Å². The van der Waals surface area contributed by atoms with Gasteiger partial charge in [-0.05, 0) is 12.5 Å². The first-order valence-electron chi connectivity index (χ1n) is 5.88. The van der Waals surface area contributed by atoms with Crippen LogP contribution in [0.1, 0.15) is 29.9 Å². The van der Waals surface area contributed by atoms with Crippen molar-refractivity contribution in [3.63, 3.8) is 0 Å². The summed E-state index contributed by atoms with van der Waals surface area (Å²) in [5.41, 5.74) is 2.02. The van der Waals surface area contributed by atoms with Crippen molar-refractivity contribution in [2.45, 2.75) is 25.7 Å². The maximum Gasteiger partial charge on any atom is 0.303 e. The van der Waals surface area contributed by atoms with E-state index in [2.05, 4.69) is 0 Å². The second kappa shape index (κ2) is 6.19. The van der Waals surface area contributed by atoms with Gasteiger partial charge in [0, 0.05) is 26.4 Å². The summed E-state index contributed by atoms with van der Waals surface area (Å²) in [6.45, 7) is 1.97. The van der Waals surface area contributed by atoms with Gasteiger partial charge < -0.3 is 10.0 Å². The summed E-state index contributed by atoms with van der Waals surface area (Å²) in [4.78, 5) is 24.1. The van der Waals surface area contributed by atoms with E-state index in [0.717, 1.165) is 11.1 Å². The van der Waals surface area contributed by atoms with Gasteiger partial charge in [0.1, 0.15) is 0 Å². The third kappa shape index (κ3) is 4.20. The van der Waals surface area contributed by atoms with Gasteiger partial charge in [-0.1, -0.05) is 29.8 Å². The standard InChI is InChI=1S/C14H19NO3/c1-10-4-6-11(7-5-10)12(9-14(17)18)8-13(16)15(2)3/h4-7,12H,8-9H2,1-3H3,(H,17,18). The fraction of sp³-hybridized carbons (Fsp3) is 0.429. The smallest absolute Gasteiger partial charge is 0.303 e. The molecular weight excluding hydrogens is 230 g/mol. The minimum Gasteiger partial charge on any atom is -0.481 e. The number of carboxylic acids is 1. The molecular formula is C14H19NO3. The van der Waals surface area contributed by atoms with E-state index in [1.807, 2.05) is 31.2 Å². The van der Waals surface area contributed by atoms with Crippen LogP contribution in [0.3, 0.4) is 0 Å². The van der Waals surface area contributed by atoms with Crippen molar-refractivity contribution in [2.75, 3.05) is 14.1 Å². The van der Waals surface area contributed by atoms with Gasteiger partial charge in [0.15, 0.2) is 0 Å². The van der Waals surface area contributed by atoms with Crippen LogP contribution in [0.4, 0.5) is 0 Å². The van der Waals surface area contributed by atoms with E-state index in [4.69, 9.17) is 5.11 Å². The van der Waals surface area contributed by atoms with Gasteiger partial charge in [0.2, 0.25) is 5.91 Å². The Hall–Kier alpha value is -1.84. The Bertz CT molecular complexity index is 423. The van der Waals surface area contributed by atoms with Crippen LogP contribution in [-0.2, 0) is 9.59 Å². The summed E-state index contributed by atoms with van der Waals surface area (Å²) in [7, 11) is 3.35. The van der Waals surface area contributed by atoms with Crippen LogP contribution < -0.4 is 0 Å². The van der Waals surface area contributed by atoms with Crippen molar-refractivity contribution in [1.29, 1.82) is 0 Å². The molecule has 4 nitrogen and oxygen atoms in total.